The van der Waals surface area contributed by atoms with Crippen molar-refractivity contribution >= 4 is 34.7 Å². The number of rotatable bonds is 1. The van der Waals surface area contributed by atoms with E-state index >= 15 is 0 Å². The zero-order valence-electron chi connectivity index (χ0n) is 7.02. The van der Waals surface area contributed by atoms with E-state index in [0.29, 0.717) is 34.5 Å². The van der Waals surface area contributed by atoms with Crippen LogP contribution < -0.4 is 3.12 Å². The molecule has 0 saturated carbocycles. The van der Waals surface area contributed by atoms with E-state index in [1.54, 1.807) is 6.07 Å². The van der Waals surface area contributed by atoms with Crippen molar-refractivity contribution in [3.05, 3.63) is 29.1 Å². The third-order valence-corrected chi connectivity index (χ3v) is 3.95. The molecule has 1 nitrogen and oxygen atoms in total. The first-order valence-electron chi connectivity index (χ1n) is 3.59. The van der Waals surface area contributed by atoms with Crippen molar-refractivity contribution in [1.82, 2.24) is 0 Å². The Balaban J connectivity index is 3.43. The molecule has 0 heterocycles. The number of hydrogen-bond donors (Lipinski definition) is 0. The summed E-state index contributed by atoms with van der Waals surface area (Å²) in [5.41, 5.74) is 1.46. The zero-order valence-corrected chi connectivity index (χ0v) is 11.5. The Bertz CT molecular complexity index is 334. The molecule has 0 aromatic heterocycles. The Hall–Kier alpha value is -0.258. The molecule has 0 atom stereocenters. The standard InChI is InChI=1S/C9H8FO.Tl/c1-6-3-4-8(10)5-9(6)7(2)11;/h3-4H,1-2H3;. The molecule has 60 valence electrons. The molecule has 0 aliphatic heterocycles. The molecule has 0 N–H and O–H groups in total. The monoisotopic (exact) mass is 356 g/mol. The summed E-state index contributed by atoms with van der Waals surface area (Å²) in [4.78, 5) is 11.1. The molecule has 0 aliphatic carbocycles. The van der Waals surface area contributed by atoms with E-state index < -0.39 is 0 Å². The molecule has 1 aromatic rings. The van der Waals surface area contributed by atoms with Crippen LogP contribution in [0.2, 0.25) is 0 Å². The quantitative estimate of drug-likeness (QED) is 0.545. The Morgan fingerprint density at radius 2 is 2.08 bits per heavy atom. The zero-order chi connectivity index (χ0) is 9.30. The number of aryl methyl sites for hydroxylation is 1. The average molecular weight is 356 g/mol. The van der Waals surface area contributed by atoms with E-state index in [0.717, 1.165) is 5.56 Å². The van der Waals surface area contributed by atoms with Crippen molar-refractivity contribution in [1.29, 1.82) is 0 Å². The summed E-state index contributed by atoms with van der Waals surface area (Å²) in [5, 5.41) is 0. The minimum atomic E-state index is -0.240. The van der Waals surface area contributed by atoms with Crippen molar-refractivity contribution in [2.75, 3.05) is 0 Å². The summed E-state index contributed by atoms with van der Waals surface area (Å²) in [6.07, 6.45) is 0. The van der Waals surface area contributed by atoms with Crippen molar-refractivity contribution in [3.63, 3.8) is 0 Å². The van der Waals surface area contributed by atoms with Crippen molar-refractivity contribution in [2.45, 2.75) is 13.8 Å². The predicted octanol–water partition coefficient (Wildman–Crippen LogP) is 1.13. The van der Waals surface area contributed by atoms with Crippen molar-refractivity contribution < 1.29 is 9.18 Å². The topological polar surface area (TPSA) is 17.1 Å². The number of carbonyl (C=O) groups is 1. The van der Waals surface area contributed by atoms with Gasteiger partial charge in [-0.1, -0.05) is 0 Å². The van der Waals surface area contributed by atoms with Crippen LogP contribution in [0.4, 0.5) is 4.39 Å². The van der Waals surface area contributed by atoms with Gasteiger partial charge in [0.15, 0.2) is 0 Å². The van der Waals surface area contributed by atoms with Gasteiger partial charge in [0.1, 0.15) is 0 Å². The van der Waals surface area contributed by atoms with Gasteiger partial charge in [0.05, 0.1) is 0 Å². The van der Waals surface area contributed by atoms with E-state index in [1.807, 2.05) is 6.92 Å². The van der Waals surface area contributed by atoms with Crippen molar-refractivity contribution in [3.8, 4) is 0 Å². The van der Waals surface area contributed by atoms with Gasteiger partial charge >= 0.3 is 86.8 Å². The molecule has 1 rings (SSSR count). The molecule has 0 aliphatic rings. The molecule has 0 fully saturated rings. The second-order valence-corrected chi connectivity index (χ2v) is 4.95. The first kappa shape index (κ1) is 9.83. The molecule has 3 heteroatoms. The van der Waals surface area contributed by atoms with Crippen LogP contribution >= 0.6 is 0 Å². The molecule has 1 aromatic carbocycles. The van der Waals surface area contributed by atoms with Gasteiger partial charge in [-0.15, -0.1) is 0 Å². The first-order valence-corrected chi connectivity index (χ1v) is 5.84. The number of ketones is 1. The number of halogens is 1. The third-order valence-electron chi connectivity index (χ3n) is 1.75. The molecular formula is C9H8FOTl. The molecule has 0 bridgehead atoms. The summed E-state index contributed by atoms with van der Waals surface area (Å²) in [5.74, 6) is -0.277. The Morgan fingerprint density at radius 3 is 2.50 bits per heavy atom. The maximum absolute atomic E-state index is 13.0. The summed E-state index contributed by atoms with van der Waals surface area (Å²) in [6.45, 7) is 3.32. The summed E-state index contributed by atoms with van der Waals surface area (Å²) >= 11 is 0.369. The second kappa shape index (κ2) is 3.64. The number of carbonyl (C=O) groups excluding carboxylic acids is 1. The molecule has 0 saturated heterocycles. The molecular weight excluding hydrogens is 347 g/mol. The van der Waals surface area contributed by atoms with Crippen LogP contribution in [0.15, 0.2) is 12.1 Å². The van der Waals surface area contributed by atoms with E-state index in [1.165, 1.54) is 13.0 Å². The van der Waals surface area contributed by atoms with Crippen LogP contribution in [0, 0.1) is 12.7 Å². The Kier molecular flexibility index (Phi) is 2.98. The van der Waals surface area contributed by atoms with E-state index in [9.17, 15) is 9.18 Å². The molecule has 0 spiro atoms. The average Bonchev–Trinajstić information content (AvgIpc) is 1.97. The molecule has 0 unspecified atom stereocenters. The fourth-order valence-corrected chi connectivity index (χ4v) is 3.22. The fourth-order valence-electron chi connectivity index (χ4n) is 1.17. The fraction of sp³-hybridized carbons (Fsp3) is 0.222. The van der Waals surface area contributed by atoms with Gasteiger partial charge in [-0.2, -0.15) is 0 Å². The molecule has 12 heavy (non-hydrogen) atoms. The van der Waals surface area contributed by atoms with Crippen LogP contribution in [-0.4, -0.2) is 31.6 Å². The number of benzene rings is 1. The van der Waals surface area contributed by atoms with E-state index in [2.05, 4.69) is 0 Å². The predicted molar refractivity (Wildman–Crippen MR) is 46.5 cm³/mol. The molecule has 0 amide bonds. The van der Waals surface area contributed by atoms with Gasteiger partial charge in [0.2, 0.25) is 0 Å². The normalized spacial score (nSPS) is 9.83. The van der Waals surface area contributed by atoms with Gasteiger partial charge in [-0.25, -0.2) is 0 Å². The minimum absolute atomic E-state index is 0.0375. The van der Waals surface area contributed by atoms with Crippen LogP contribution in [0.25, 0.3) is 0 Å². The summed E-state index contributed by atoms with van der Waals surface area (Å²) in [7, 11) is 0. The second-order valence-electron chi connectivity index (χ2n) is 2.71. The third kappa shape index (κ3) is 1.73. The van der Waals surface area contributed by atoms with E-state index in [-0.39, 0.29) is 11.6 Å². The first-order chi connectivity index (χ1) is 5.54. The van der Waals surface area contributed by atoms with E-state index in [4.69, 9.17) is 0 Å². The van der Waals surface area contributed by atoms with Crippen LogP contribution in [0.3, 0.4) is 0 Å². The van der Waals surface area contributed by atoms with Gasteiger partial charge in [-0.3, -0.25) is 0 Å². The molecule has 0 radical (unpaired) electrons. The number of Topliss-reactive ketones (excluding diaryl/α,β-unsaturated/α-hetero) is 1. The van der Waals surface area contributed by atoms with Crippen LogP contribution in [-0.2, 0) is 0 Å². The maximum atomic E-state index is 13.0. The van der Waals surface area contributed by atoms with Gasteiger partial charge in [0, 0.05) is 0 Å². The summed E-state index contributed by atoms with van der Waals surface area (Å²) in [6, 6.07) is 3.08. The van der Waals surface area contributed by atoms with Gasteiger partial charge in [0.25, 0.3) is 0 Å². The van der Waals surface area contributed by atoms with Crippen LogP contribution in [0.5, 0.6) is 0 Å². The van der Waals surface area contributed by atoms with Gasteiger partial charge in [-0.05, 0) is 0 Å². The van der Waals surface area contributed by atoms with Crippen molar-refractivity contribution in [2.24, 2.45) is 0 Å². The SMILES string of the molecule is CC(=O)c1c(C)ccc(F)[c]1[Tl]. The van der Waals surface area contributed by atoms with Crippen LogP contribution in [0.1, 0.15) is 22.8 Å². The Morgan fingerprint density at radius 1 is 1.50 bits per heavy atom. The summed E-state index contributed by atoms with van der Waals surface area (Å²) < 4.78 is 13.6. The Labute approximate surface area is 86.7 Å². The van der Waals surface area contributed by atoms with Gasteiger partial charge < -0.3 is 0 Å². The number of hydrogen-bond acceptors (Lipinski definition) is 1.